The smallest absolute Gasteiger partial charge is 0.226 e. The van der Waals surface area contributed by atoms with E-state index in [4.69, 9.17) is 0 Å². The molecule has 1 aliphatic carbocycles. The van der Waals surface area contributed by atoms with Gasteiger partial charge in [-0.1, -0.05) is 175 Å². The van der Waals surface area contributed by atoms with Crippen molar-refractivity contribution in [3.8, 4) is 22.3 Å². The van der Waals surface area contributed by atoms with E-state index >= 15 is 0 Å². The summed E-state index contributed by atoms with van der Waals surface area (Å²) in [5.41, 5.74) is 16.4. The lowest BCUT2D eigenvalue weighted by atomic mass is 9.26. The summed E-state index contributed by atoms with van der Waals surface area (Å²) in [5.74, 6) is 0.112. The molecule has 3 heteroatoms. The third kappa shape index (κ3) is 5.39. The van der Waals surface area contributed by atoms with Crippen molar-refractivity contribution < 1.29 is 0 Å². The molecule has 6 aromatic rings. The number of allylic oxidation sites excluding steroid dienone is 2. The third-order valence-corrected chi connectivity index (χ3v) is 12.1. The molecule has 0 saturated carbocycles. The van der Waals surface area contributed by atoms with Crippen LogP contribution in [0.2, 0.25) is 5.82 Å². The molecule has 0 radical (unpaired) electrons. The van der Waals surface area contributed by atoms with Gasteiger partial charge in [-0.05, 0) is 81.3 Å². The number of fused-ring (bicyclic) bond motifs is 4. The van der Waals surface area contributed by atoms with Crippen molar-refractivity contribution in [1.82, 2.24) is 0 Å². The summed E-state index contributed by atoms with van der Waals surface area (Å²) < 4.78 is 0. The van der Waals surface area contributed by atoms with Crippen LogP contribution in [0.25, 0.3) is 22.3 Å². The lowest BCUT2D eigenvalue weighted by Gasteiger charge is -2.58. The molecule has 3 aliphatic rings. The van der Waals surface area contributed by atoms with Gasteiger partial charge in [0.2, 0.25) is 6.71 Å². The fraction of sp³-hybridized carbons (Fsp3) is 0.216. The molecule has 266 valence electrons. The number of benzene rings is 6. The Bertz CT molecular complexity index is 2450. The standard InChI is InChI=1S/C51H49BN2/c1-49(2,3)37-28-30-45-41(33-37)52-42-34-38(50(4,5)6)29-31-46(42)54(44-26-17-15-24-40(44)36-21-12-9-13-22-36)51(7)32-18-27-47(48(51)52)53(45)43-25-16-14-23-39(43)35-19-10-8-11-20-35/h8-34,48H,1-7H3. The lowest BCUT2D eigenvalue weighted by Crippen LogP contribution is -2.68. The maximum Gasteiger partial charge on any atom is 0.226 e. The Morgan fingerprint density at radius 2 is 1.00 bits per heavy atom. The number of anilines is 4. The first kappa shape index (κ1) is 34.2. The average Bonchev–Trinajstić information content (AvgIpc) is 3.17. The van der Waals surface area contributed by atoms with E-state index in [1.807, 2.05) is 0 Å². The first-order valence-corrected chi connectivity index (χ1v) is 19.5. The van der Waals surface area contributed by atoms with Gasteiger partial charge in [0.25, 0.3) is 0 Å². The van der Waals surface area contributed by atoms with E-state index in [9.17, 15) is 0 Å². The maximum absolute atomic E-state index is 2.68. The average molecular weight is 701 g/mol. The first-order chi connectivity index (χ1) is 25.9. The zero-order chi connectivity index (χ0) is 37.4. The Kier molecular flexibility index (Phi) is 7.94. The Hall–Kier alpha value is -5.54. The summed E-state index contributed by atoms with van der Waals surface area (Å²) in [6.07, 6.45) is 7.21. The number of nitrogens with zero attached hydrogens (tertiary/aromatic N) is 2. The normalized spacial score (nSPS) is 18.8. The molecule has 0 bridgehead atoms. The molecule has 2 aliphatic heterocycles. The van der Waals surface area contributed by atoms with Crippen LogP contribution in [0, 0.1) is 0 Å². The summed E-state index contributed by atoms with van der Waals surface area (Å²) in [4.78, 5) is 5.29. The summed E-state index contributed by atoms with van der Waals surface area (Å²) in [6, 6.07) is 54.4. The minimum atomic E-state index is -0.398. The second-order valence-corrected chi connectivity index (χ2v) is 17.6. The largest absolute Gasteiger partial charge is 0.332 e. The van der Waals surface area contributed by atoms with Gasteiger partial charge in [0.15, 0.2) is 0 Å². The summed E-state index contributed by atoms with van der Waals surface area (Å²) in [7, 11) is 0. The molecule has 2 atom stereocenters. The minimum absolute atomic E-state index is 0.000886. The number of rotatable bonds is 4. The van der Waals surface area contributed by atoms with Crippen molar-refractivity contribution in [3.05, 3.63) is 181 Å². The Labute approximate surface area is 322 Å². The minimum Gasteiger partial charge on any atom is -0.332 e. The van der Waals surface area contributed by atoms with Crippen molar-refractivity contribution in [2.24, 2.45) is 0 Å². The van der Waals surface area contributed by atoms with Gasteiger partial charge in [-0.2, -0.15) is 0 Å². The highest BCUT2D eigenvalue weighted by atomic mass is 15.2. The molecule has 0 amide bonds. The second-order valence-electron chi connectivity index (χ2n) is 17.6. The number of hydrogen-bond acceptors (Lipinski definition) is 2. The molecule has 0 fully saturated rings. The summed E-state index contributed by atoms with van der Waals surface area (Å²) >= 11 is 0. The first-order valence-electron chi connectivity index (χ1n) is 19.5. The molecule has 0 spiro atoms. The summed E-state index contributed by atoms with van der Waals surface area (Å²) in [6.45, 7) is 16.7. The third-order valence-electron chi connectivity index (χ3n) is 12.1. The van der Waals surface area contributed by atoms with E-state index < -0.39 is 5.54 Å². The SMILES string of the molecule is CC(C)(C)c1ccc2c(c1)B1c3cc(C(C)(C)C)ccc3N(c3ccccc3-c3ccccc3)C3(C)C=CC=C(C13)N2c1ccccc1-c1ccccc1. The molecule has 0 N–H and O–H groups in total. The molecule has 6 aromatic carbocycles. The van der Waals surface area contributed by atoms with Gasteiger partial charge in [0, 0.05) is 39.7 Å². The molecule has 2 heterocycles. The molecule has 0 saturated heterocycles. The predicted octanol–water partition coefficient (Wildman–Crippen LogP) is 12.1. The van der Waals surface area contributed by atoms with Crippen molar-refractivity contribution in [1.29, 1.82) is 0 Å². The Balaban J connectivity index is 1.38. The number of hydrogen-bond donors (Lipinski definition) is 0. The van der Waals surface area contributed by atoms with Crippen molar-refractivity contribution in [2.75, 3.05) is 9.80 Å². The van der Waals surface area contributed by atoms with E-state index in [0.717, 1.165) is 0 Å². The molecule has 2 unspecified atom stereocenters. The van der Waals surface area contributed by atoms with E-state index in [-0.39, 0.29) is 23.4 Å². The van der Waals surface area contributed by atoms with Crippen LogP contribution in [0.3, 0.4) is 0 Å². The summed E-state index contributed by atoms with van der Waals surface area (Å²) in [5, 5.41) is 0. The van der Waals surface area contributed by atoms with Crippen LogP contribution in [-0.4, -0.2) is 12.3 Å². The molecular formula is C51H49BN2. The Morgan fingerprint density at radius 3 is 1.57 bits per heavy atom. The van der Waals surface area contributed by atoms with Gasteiger partial charge < -0.3 is 9.80 Å². The predicted molar refractivity (Wildman–Crippen MR) is 233 cm³/mol. The van der Waals surface area contributed by atoms with Crippen LogP contribution in [0.5, 0.6) is 0 Å². The molecule has 9 rings (SSSR count). The van der Waals surface area contributed by atoms with Crippen LogP contribution in [-0.2, 0) is 10.8 Å². The highest BCUT2D eigenvalue weighted by Crippen LogP contribution is 2.57. The zero-order valence-electron chi connectivity index (χ0n) is 32.6. The molecular weight excluding hydrogens is 651 g/mol. The van der Waals surface area contributed by atoms with Crippen LogP contribution >= 0.6 is 0 Å². The van der Waals surface area contributed by atoms with Gasteiger partial charge in [0.05, 0.1) is 11.2 Å². The topological polar surface area (TPSA) is 6.48 Å². The van der Waals surface area contributed by atoms with E-state index in [2.05, 4.69) is 222 Å². The van der Waals surface area contributed by atoms with Gasteiger partial charge in [-0.3, -0.25) is 0 Å². The number of para-hydroxylation sites is 2. The Morgan fingerprint density at radius 1 is 0.519 bits per heavy atom. The van der Waals surface area contributed by atoms with E-state index in [1.165, 1.54) is 72.8 Å². The quantitative estimate of drug-likeness (QED) is 0.169. The molecule has 0 aromatic heterocycles. The van der Waals surface area contributed by atoms with Gasteiger partial charge in [-0.15, -0.1) is 0 Å². The highest BCUT2D eigenvalue weighted by molar-refractivity contribution is 6.90. The highest BCUT2D eigenvalue weighted by Gasteiger charge is 2.57. The van der Waals surface area contributed by atoms with Crippen LogP contribution in [0.4, 0.5) is 22.7 Å². The second kappa shape index (κ2) is 12.5. The van der Waals surface area contributed by atoms with Gasteiger partial charge >= 0.3 is 0 Å². The fourth-order valence-corrected chi connectivity index (χ4v) is 9.38. The van der Waals surface area contributed by atoms with Crippen molar-refractivity contribution in [2.45, 2.75) is 70.7 Å². The van der Waals surface area contributed by atoms with Crippen LogP contribution in [0.1, 0.15) is 59.6 Å². The fourth-order valence-electron chi connectivity index (χ4n) is 9.38. The monoisotopic (exact) mass is 700 g/mol. The lowest BCUT2D eigenvalue weighted by molar-refractivity contribution is 0.536. The van der Waals surface area contributed by atoms with Crippen LogP contribution in [0.15, 0.2) is 170 Å². The van der Waals surface area contributed by atoms with Crippen LogP contribution < -0.4 is 20.7 Å². The van der Waals surface area contributed by atoms with Gasteiger partial charge in [-0.25, -0.2) is 0 Å². The van der Waals surface area contributed by atoms with E-state index in [0.29, 0.717) is 0 Å². The van der Waals surface area contributed by atoms with Crippen molar-refractivity contribution in [3.63, 3.8) is 0 Å². The molecule has 54 heavy (non-hydrogen) atoms. The molecule has 2 nitrogen and oxygen atoms in total. The van der Waals surface area contributed by atoms with Gasteiger partial charge in [0.1, 0.15) is 0 Å². The van der Waals surface area contributed by atoms with E-state index in [1.54, 1.807) is 0 Å². The zero-order valence-corrected chi connectivity index (χ0v) is 32.6. The maximum atomic E-state index is 2.68. The van der Waals surface area contributed by atoms with Crippen molar-refractivity contribution >= 4 is 40.4 Å².